The van der Waals surface area contributed by atoms with Crippen LogP contribution in [0.5, 0.6) is 0 Å². The van der Waals surface area contributed by atoms with Gasteiger partial charge in [0.15, 0.2) is 0 Å². The van der Waals surface area contributed by atoms with Crippen LogP contribution < -0.4 is 4.72 Å². The van der Waals surface area contributed by atoms with E-state index in [2.05, 4.69) is 4.72 Å². The largest absolute Gasteiger partial charge is 0.392 e. The van der Waals surface area contributed by atoms with E-state index >= 15 is 0 Å². The van der Waals surface area contributed by atoms with Gasteiger partial charge in [-0.2, -0.15) is 17.4 Å². The van der Waals surface area contributed by atoms with E-state index in [1.165, 1.54) is 4.31 Å². The Morgan fingerprint density at radius 2 is 1.89 bits per heavy atom. The van der Waals surface area contributed by atoms with Gasteiger partial charge < -0.3 is 9.84 Å². The second-order valence-electron chi connectivity index (χ2n) is 5.78. The molecule has 0 saturated carbocycles. The third kappa shape index (κ3) is 5.62. The molecule has 0 aliphatic carbocycles. The molecule has 1 atom stereocenters. The average molecular weight is 280 g/mol. The smallest absolute Gasteiger partial charge is 0.279 e. The number of aliphatic hydroxyl groups excluding tert-OH is 1. The zero-order valence-electron chi connectivity index (χ0n) is 11.3. The maximum atomic E-state index is 11.9. The fraction of sp³-hybridized carbons (Fsp3) is 1.00. The number of hydrogen-bond donors (Lipinski definition) is 2. The monoisotopic (exact) mass is 280 g/mol. The predicted molar refractivity (Wildman–Crippen MR) is 69.4 cm³/mol. The normalized spacial score (nSPS) is 20.9. The maximum absolute atomic E-state index is 11.9. The Balaban J connectivity index is 2.41. The summed E-state index contributed by atoms with van der Waals surface area (Å²) in [5.74, 6) is 0. The van der Waals surface area contributed by atoms with Crippen molar-refractivity contribution in [3.63, 3.8) is 0 Å². The summed E-state index contributed by atoms with van der Waals surface area (Å²) in [7, 11) is -3.49. The lowest BCUT2D eigenvalue weighted by Crippen LogP contribution is -2.48. The number of aliphatic hydroxyl groups is 1. The van der Waals surface area contributed by atoms with Gasteiger partial charge in [-0.15, -0.1) is 0 Å². The van der Waals surface area contributed by atoms with Gasteiger partial charge in [0.25, 0.3) is 10.2 Å². The highest BCUT2D eigenvalue weighted by Crippen LogP contribution is 2.20. The van der Waals surface area contributed by atoms with Crippen molar-refractivity contribution in [2.24, 2.45) is 5.41 Å². The van der Waals surface area contributed by atoms with Crippen LogP contribution >= 0.6 is 0 Å². The van der Waals surface area contributed by atoms with Gasteiger partial charge in [-0.3, -0.25) is 0 Å². The Bertz CT molecular complexity index is 345. The highest BCUT2D eigenvalue weighted by molar-refractivity contribution is 7.87. The molecule has 2 N–H and O–H groups in total. The van der Waals surface area contributed by atoms with Crippen LogP contribution in [0.25, 0.3) is 0 Å². The molecule has 1 saturated heterocycles. The van der Waals surface area contributed by atoms with Crippen molar-refractivity contribution in [2.75, 3.05) is 32.8 Å². The molecule has 0 aromatic rings. The summed E-state index contributed by atoms with van der Waals surface area (Å²) in [5.41, 5.74) is -0.0240. The van der Waals surface area contributed by atoms with E-state index in [9.17, 15) is 13.5 Å². The maximum Gasteiger partial charge on any atom is 0.279 e. The summed E-state index contributed by atoms with van der Waals surface area (Å²) in [5, 5.41) is 9.78. The van der Waals surface area contributed by atoms with Gasteiger partial charge >= 0.3 is 0 Å². The minimum Gasteiger partial charge on any atom is -0.392 e. The van der Waals surface area contributed by atoms with Gasteiger partial charge in [-0.05, 0) is 11.8 Å². The molecule has 1 heterocycles. The van der Waals surface area contributed by atoms with Crippen LogP contribution in [-0.2, 0) is 14.9 Å². The molecule has 0 bridgehead atoms. The van der Waals surface area contributed by atoms with Crippen LogP contribution in [-0.4, -0.2) is 56.8 Å². The summed E-state index contributed by atoms with van der Waals surface area (Å²) < 4.78 is 32.7. The molecule has 108 valence electrons. The molecule has 1 aliphatic heterocycles. The van der Waals surface area contributed by atoms with Gasteiger partial charge in [0, 0.05) is 19.6 Å². The highest BCUT2D eigenvalue weighted by atomic mass is 32.2. The first kappa shape index (κ1) is 15.8. The van der Waals surface area contributed by atoms with E-state index in [-0.39, 0.29) is 12.0 Å². The molecule has 0 aromatic heterocycles. The lowest BCUT2D eigenvalue weighted by atomic mass is 9.89. The van der Waals surface area contributed by atoms with E-state index in [1.807, 2.05) is 20.8 Å². The average Bonchev–Trinajstić information content (AvgIpc) is 2.26. The van der Waals surface area contributed by atoms with Crippen molar-refractivity contribution in [1.82, 2.24) is 9.03 Å². The van der Waals surface area contributed by atoms with Gasteiger partial charge in [0.1, 0.15) is 0 Å². The number of nitrogens with one attached hydrogen (secondary N) is 1. The number of rotatable bonds is 5. The van der Waals surface area contributed by atoms with Gasteiger partial charge in [-0.25, -0.2) is 0 Å². The number of nitrogens with zero attached hydrogens (tertiary/aromatic N) is 1. The number of morpholine rings is 1. The summed E-state index contributed by atoms with van der Waals surface area (Å²) in [6, 6.07) is 0. The quantitative estimate of drug-likeness (QED) is 0.740. The Morgan fingerprint density at radius 3 is 2.39 bits per heavy atom. The summed E-state index contributed by atoms with van der Waals surface area (Å²) in [6.45, 7) is 7.65. The Morgan fingerprint density at radius 1 is 1.33 bits per heavy atom. The van der Waals surface area contributed by atoms with Crippen LogP contribution in [0.2, 0.25) is 0 Å². The molecular formula is C11H24N2O4S. The molecular weight excluding hydrogens is 256 g/mol. The molecule has 1 aliphatic rings. The molecule has 18 heavy (non-hydrogen) atoms. The van der Waals surface area contributed by atoms with Gasteiger partial charge in [0.05, 0.1) is 19.3 Å². The predicted octanol–water partition coefficient (Wildman–Crippen LogP) is -0.0499. The third-order valence-electron chi connectivity index (χ3n) is 2.66. The molecule has 6 nitrogen and oxygen atoms in total. The van der Waals surface area contributed by atoms with Gasteiger partial charge in [0.2, 0.25) is 0 Å². The van der Waals surface area contributed by atoms with Crippen molar-refractivity contribution in [3.8, 4) is 0 Å². The van der Waals surface area contributed by atoms with E-state index in [4.69, 9.17) is 4.74 Å². The molecule has 0 aromatic carbocycles. The number of hydrogen-bond acceptors (Lipinski definition) is 4. The zero-order chi connectivity index (χ0) is 13.8. The topological polar surface area (TPSA) is 78.9 Å². The second-order valence-corrected chi connectivity index (χ2v) is 7.54. The van der Waals surface area contributed by atoms with Crippen LogP contribution in [0.3, 0.4) is 0 Å². The van der Waals surface area contributed by atoms with Crippen molar-refractivity contribution in [1.29, 1.82) is 0 Å². The zero-order valence-corrected chi connectivity index (χ0v) is 12.2. The molecule has 0 spiro atoms. The van der Waals surface area contributed by atoms with Crippen molar-refractivity contribution < 1.29 is 18.3 Å². The first-order chi connectivity index (χ1) is 8.21. The van der Waals surface area contributed by atoms with E-state index < -0.39 is 16.3 Å². The Labute approximate surface area is 109 Å². The van der Waals surface area contributed by atoms with Crippen molar-refractivity contribution >= 4 is 10.2 Å². The minimum absolute atomic E-state index is 0.0240. The van der Waals surface area contributed by atoms with Crippen LogP contribution in [0.1, 0.15) is 27.2 Å². The van der Waals surface area contributed by atoms with Crippen LogP contribution in [0.4, 0.5) is 0 Å². The second kappa shape index (κ2) is 6.29. The first-order valence-corrected chi connectivity index (χ1v) is 7.65. The summed E-state index contributed by atoms with van der Waals surface area (Å²) in [6.07, 6.45) is -0.112. The third-order valence-corrected chi connectivity index (χ3v) is 4.24. The highest BCUT2D eigenvalue weighted by Gasteiger charge is 2.25. The standard InChI is InChI=1S/C11H24N2O4S/c1-11(2,3)8-10(14)9-12-18(15,16)13-4-6-17-7-5-13/h10,12,14H,4-9H2,1-3H3. The summed E-state index contributed by atoms with van der Waals surface area (Å²) >= 11 is 0. The molecule has 1 unspecified atom stereocenters. The molecule has 1 rings (SSSR count). The van der Waals surface area contributed by atoms with Gasteiger partial charge in [-0.1, -0.05) is 20.8 Å². The first-order valence-electron chi connectivity index (χ1n) is 6.21. The molecule has 1 fully saturated rings. The molecule has 0 radical (unpaired) electrons. The number of ether oxygens (including phenoxy) is 1. The van der Waals surface area contributed by atoms with Crippen LogP contribution in [0, 0.1) is 5.41 Å². The van der Waals surface area contributed by atoms with Crippen LogP contribution in [0.15, 0.2) is 0 Å². The Kier molecular flexibility index (Phi) is 5.54. The lowest BCUT2D eigenvalue weighted by Gasteiger charge is -2.27. The SMILES string of the molecule is CC(C)(C)CC(O)CNS(=O)(=O)N1CCOCC1. The van der Waals surface area contributed by atoms with E-state index in [0.29, 0.717) is 32.7 Å². The van der Waals surface area contributed by atoms with E-state index in [1.54, 1.807) is 0 Å². The minimum atomic E-state index is -3.49. The van der Waals surface area contributed by atoms with Crippen molar-refractivity contribution in [2.45, 2.75) is 33.3 Å². The summed E-state index contributed by atoms with van der Waals surface area (Å²) in [4.78, 5) is 0. The lowest BCUT2D eigenvalue weighted by molar-refractivity contribution is 0.0718. The van der Waals surface area contributed by atoms with Crippen molar-refractivity contribution in [3.05, 3.63) is 0 Å². The Hall–Kier alpha value is -0.210. The molecule has 0 amide bonds. The molecule has 7 heteroatoms. The van der Waals surface area contributed by atoms with E-state index in [0.717, 1.165) is 0 Å². The fourth-order valence-electron chi connectivity index (χ4n) is 1.86. The fourth-order valence-corrected chi connectivity index (χ4v) is 3.07.